The lowest BCUT2D eigenvalue weighted by atomic mass is 9.80. The van der Waals surface area contributed by atoms with Gasteiger partial charge in [-0.25, -0.2) is 0 Å². The number of thioether (sulfide) groups is 1. The van der Waals surface area contributed by atoms with Crippen LogP contribution in [0.4, 0.5) is 0 Å². The largest absolute Gasteiger partial charge is 0.388 e. The molecule has 0 bridgehead atoms. The first-order valence-corrected chi connectivity index (χ1v) is 7.33. The zero-order chi connectivity index (χ0) is 12.8. The highest BCUT2D eigenvalue weighted by atomic mass is 32.2. The second-order valence-electron chi connectivity index (χ2n) is 4.77. The lowest BCUT2D eigenvalue weighted by Crippen LogP contribution is -2.47. The van der Waals surface area contributed by atoms with Gasteiger partial charge in [-0.1, -0.05) is 18.2 Å². The zero-order valence-electron chi connectivity index (χ0n) is 10.4. The molecule has 1 aliphatic carbocycles. The van der Waals surface area contributed by atoms with Crippen molar-refractivity contribution in [3.05, 3.63) is 30.3 Å². The van der Waals surface area contributed by atoms with Crippen LogP contribution >= 0.6 is 11.8 Å². The van der Waals surface area contributed by atoms with E-state index in [1.165, 1.54) is 4.90 Å². The molecule has 98 valence electrons. The van der Waals surface area contributed by atoms with E-state index in [9.17, 15) is 9.90 Å². The van der Waals surface area contributed by atoms with Crippen molar-refractivity contribution in [3.63, 3.8) is 0 Å². The summed E-state index contributed by atoms with van der Waals surface area (Å²) in [7, 11) is 0. The number of hydrogen-bond donors (Lipinski definition) is 2. The summed E-state index contributed by atoms with van der Waals surface area (Å²) in [6.07, 6.45) is 3.18. The summed E-state index contributed by atoms with van der Waals surface area (Å²) in [6, 6.07) is 10.1. The van der Waals surface area contributed by atoms with Gasteiger partial charge in [-0.2, -0.15) is 0 Å². The topological polar surface area (TPSA) is 49.3 Å². The fraction of sp³-hybridized carbons (Fsp3) is 0.500. The van der Waals surface area contributed by atoms with E-state index in [-0.39, 0.29) is 5.91 Å². The number of nitrogens with one attached hydrogen (secondary N) is 1. The van der Waals surface area contributed by atoms with Gasteiger partial charge in [0.15, 0.2) is 0 Å². The third-order valence-electron chi connectivity index (χ3n) is 3.24. The van der Waals surface area contributed by atoms with E-state index in [1.807, 2.05) is 30.3 Å². The molecule has 1 fully saturated rings. The van der Waals surface area contributed by atoms with Crippen molar-refractivity contribution in [2.75, 3.05) is 12.3 Å². The first-order valence-electron chi connectivity index (χ1n) is 6.35. The zero-order valence-corrected chi connectivity index (χ0v) is 11.2. The van der Waals surface area contributed by atoms with Gasteiger partial charge in [0.25, 0.3) is 0 Å². The normalized spacial score (nSPS) is 16.9. The van der Waals surface area contributed by atoms with Gasteiger partial charge in [-0.3, -0.25) is 4.79 Å². The van der Waals surface area contributed by atoms with Crippen molar-refractivity contribution >= 4 is 17.7 Å². The third-order valence-corrected chi connectivity index (χ3v) is 4.25. The summed E-state index contributed by atoms with van der Waals surface area (Å²) in [5, 5.41) is 12.7. The predicted molar refractivity (Wildman–Crippen MR) is 73.6 cm³/mol. The summed E-state index contributed by atoms with van der Waals surface area (Å²) >= 11 is 1.68. The number of carbonyl (C=O) groups is 1. The van der Waals surface area contributed by atoms with Crippen LogP contribution in [0.3, 0.4) is 0 Å². The Labute approximate surface area is 112 Å². The molecule has 1 aromatic rings. The van der Waals surface area contributed by atoms with Gasteiger partial charge in [0.05, 0.1) is 5.60 Å². The van der Waals surface area contributed by atoms with Crippen molar-refractivity contribution < 1.29 is 9.90 Å². The Bertz CT molecular complexity index is 390. The van der Waals surface area contributed by atoms with Crippen LogP contribution < -0.4 is 5.32 Å². The van der Waals surface area contributed by atoms with Gasteiger partial charge in [0.1, 0.15) is 0 Å². The first kappa shape index (κ1) is 13.4. The summed E-state index contributed by atoms with van der Waals surface area (Å²) in [4.78, 5) is 12.8. The third kappa shape index (κ3) is 4.03. The molecule has 3 nitrogen and oxygen atoms in total. The number of amides is 1. The molecular weight excluding hydrogens is 246 g/mol. The molecule has 0 spiro atoms. The van der Waals surface area contributed by atoms with Crippen LogP contribution in [-0.4, -0.2) is 28.9 Å². The van der Waals surface area contributed by atoms with E-state index in [1.54, 1.807) is 11.8 Å². The maximum atomic E-state index is 11.6. The number of carbonyl (C=O) groups excluding carboxylic acids is 1. The lowest BCUT2D eigenvalue weighted by molar-refractivity contribution is -0.123. The van der Waals surface area contributed by atoms with Gasteiger partial charge in [-0.05, 0) is 31.4 Å². The molecule has 0 radical (unpaired) electrons. The SMILES string of the molecule is O=C(CCSc1ccccc1)NCC1(O)CCC1. The Morgan fingerprint density at radius 3 is 2.67 bits per heavy atom. The molecule has 2 N–H and O–H groups in total. The molecule has 1 saturated carbocycles. The van der Waals surface area contributed by atoms with Crippen molar-refractivity contribution in [1.29, 1.82) is 0 Å². The second kappa shape index (κ2) is 6.25. The van der Waals surface area contributed by atoms with Crippen molar-refractivity contribution in [1.82, 2.24) is 5.32 Å². The number of rotatable bonds is 6. The monoisotopic (exact) mass is 265 g/mol. The van der Waals surface area contributed by atoms with Crippen LogP contribution in [0.2, 0.25) is 0 Å². The Morgan fingerprint density at radius 2 is 2.06 bits per heavy atom. The van der Waals surface area contributed by atoms with E-state index in [0.29, 0.717) is 13.0 Å². The Balaban J connectivity index is 1.60. The van der Waals surface area contributed by atoms with Crippen molar-refractivity contribution in [2.45, 2.75) is 36.2 Å². The molecule has 1 aromatic carbocycles. The summed E-state index contributed by atoms with van der Waals surface area (Å²) in [5.41, 5.74) is -0.623. The smallest absolute Gasteiger partial charge is 0.220 e. The van der Waals surface area contributed by atoms with Crippen LogP contribution in [0.1, 0.15) is 25.7 Å². The minimum atomic E-state index is -0.623. The van der Waals surface area contributed by atoms with Crippen LogP contribution in [0.5, 0.6) is 0 Å². The summed E-state index contributed by atoms with van der Waals surface area (Å²) < 4.78 is 0. The molecule has 0 unspecified atom stereocenters. The van der Waals surface area contributed by atoms with E-state index in [4.69, 9.17) is 0 Å². The van der Waals surface area contributed by atoms with Gasteiger partial charge in [-0.15, -0.1) is 11.8 Å². The standard InChI is InChI=1S/C14H19NO2S/c16-13(15-11-14(17)8-4-9-14)7-10-18-12-5-2-1-3-6-12/h1-3,5-6,17H,4,7-11H2,(H,15,16). The van der Waals surface area contributed by atoms with Gasteiger partial charge >= 0.3 is 0 Å². The summed E-state index contributed by atoms with van der Waals surface area (Å²) in [6.45, 7) is 0.405. The molecule has 0 aromatic heterocycles. The average molecular weight is 265 g/mol. The van der Waals surface area contributed by atoms with Crippen molar-refractivity contribution in [3.8, 4) is 0 Å². The fourth-order valence-electron chi connectivity index (χ4n) is 1.89. The molecule has 1 amide bonds. The van der Waals surface area contributed by atoms with Crippen molar-refractivity contribution in [2.24, 2.45) is 0 Å². The highest BCUT2D eigenvalue weighted by molar-refractivity contribution is 7.99. The predicted octanol–water partition coefficient (Wildman–Crippen LogP) is 2.20. The highest BCUT2D eigenvalue weighted by Gasteiger charge is 2.34. The van der Waals surface area contributed by atoms with E-state index < -0.39 is 5.60 Å². The number of hydrogen-bond acceptors (Lipinski definition) is 3. The molecule has 0 saturated heterocycles. The molecular formula is C14H19NO2S. The first-order chi connectivity index (χ1) is 8.68. The lowest BCUT2D eigenvalue weighted by Gasteiger charge is -2.36. The minimum absolute atomic E-state index is 0.0266. The molecule has 18 heavy (non-hydrogen) atoms. The van der Waals surface area contributed by atoms with Crippen LogP contribution in [0.15, 0.2) is 35.2 Å². The Morgan fingerprint density at radius 1 is 1.33 bits per heavy atom. The van der Waals surface area contributed by atoms with E-state index in [0.717, 1.165) is 25.0 Å². The quantitative estimate of drug-likeness (QED) is 0.775. The van der Waals surface area contributed by atoms with Gasteiger partial charge in [0, 0.05) is 23.6 Å². The highest BCUT2D eigenvalue weighted by Crippen LogP contribution is 2.30. The maximum Gasteiger partial charge on any atom is 0.220 e. The number of aliphatic hydroxyl groups is 1. The van der Waals surface area contributed by atoms with Gasteiger partial charge in [0.2, 0.25) is 5.91 Å². The Kier molecular flexibility index (Phi) is 4.66. The van der Waals surface area contributed by atoms with E-state index in [2.05, 4.69) is 5.32 Å². The molecule has 2 rings (SSSR count). The maximum absolute atomic E-state index is 11.6. The average Bonchev–Trinajstić information content (AvgIpc) is 2.35. The van der Waals surface area contributed by atoms with Crippen LogP contribution in [0, 0.1) is 0 Å². The van der Waals surface area contributed by atoms with Crippen LogP contribution in [0.25, 0.3) is 0 Å². The van der Waals surface area contributed by atoms with Gasteiger partial charge < -0.3 is 10.4 Å². The molecule has 0 atom stereocenters. The Hall–Kier alpha value is -1.00. The van der Waals surface area contributed by atoms with Crippen LogP contribution in [-0.2, 0) is 4.79 Å². The second-order valence-corrected chi connectivity index (χ2v) is 5.93. The minimum Gasteiger partial charge on any atom is -0.388 e. The molecule has 0 heterocycles. The molecule has 0 aliphatic heterocycles. The molecule has 1 aliphatic rings. The fourth-order valence-corrected chi connectivity index (χ4v) is 2.76. The number of benzene rings is 1. The summed E-state index contributed by atoms with van der Waals surface area (Å²) in [5.74, 6) is 0.799. The van der Waals surface area contributed by atoms with E-state index >= 15 is 0 Å². The molecule has 4 heteroatoms.